The number of halogens is 1. The molecule has 0 bridgehead atoms. The van der Waals surface area contributed by atoms with Crippen LogP contribution < -0.4 is 9.64 Å². The summed E-state index contributed by atoms with van der Waals surface area (Å²) in [5.41, 5.74) is 1.91. The highest BCUT2D eigenvalue weighted by Gasteiger charge is 2.39. The Bertz CT molecular complexity index is 1320. The van der Waals surface area contributed by atoms with E-state index in [1.807, 2.05) is 40.7 Å². The van der Waals surface area contributed by atoms with Crippen LogP contribution in [0.5, 0.6) is 5.88 Å². The van der Waals surface area contributed by atoms with Gasteiger partial charge in [-0.3, -0.25) is 14.6 Å². The summed E-state index contributed by atoms with van der Waals surface area (Å²) in [6, 6.07) is 8.16. The summed E-state index contributed by atoms with van der Waals surface area (Å²) in [6.45, 7) is 16.2. The summed E-state index contributed by atoms with van der Waals surface area (Å²) in [5.74, 6) is 0.112. The van der Waals surface area contributed by atoms with Crippen LogP contribution in [-0.2, 0) is 20.7 Å². The van der Waals surface area contributed by atoms with E-state index < -0.39 is 5.60 Å². The van der Waals surface area contributed by atoms with E-state index in [1.54, 1.807) is 28.1 Å². The molecule has 3 aliphatic heterocycles. The molecule has 3 aliphatic rings. The Morgan fingerprint density at radius 2 is 1.77 bits per heavy atom. The van der Waals surface area contributed by atoms with Gasteiger partial charge in [-0.15, -0.1) is 0 Å². The van der Waals surface area contributed by atoms with Crippen LogP contribution in [0.4, 0.5) is 14.9 Å². The number of morpholine rings is 1. The van der Waals surface area contributed by atoms with E-state index in [2.05, 4.69) is 21.7 Å². The number of benzene rings is 1. The number of pyridine rings is 1. The van der Waals surface area contributed by atoms with Crippen LogP contribution in [0.2, 0.25) is 0 Å². The molecule has 0 aliphatic carbocycles. The van der Waals surface area contributed by atoms with E-state index in [-0.39, 0.29) is 48.7 Å². The minimum atomic E-state index is -0.594. The highest BCUT2D eigenvalue weighted by Crippen LogP contribution is 2.33. The SMILES string of the molecule is CC1CN(C(=O)CN2C[C@@H](C)N(C(=O)OC(C)(C)C)C[C@@H]2CN2CCO[C@H](C)C2)c2cc(Cc3ccc(F)cc3)cnc2O1. The number of fused-ring (bicyclic) bond motifs is 1. The number of nitrogens with zero attached hydrogens (tertiary/aromatic N) is 5. The van der Waals surface area contributed by atoms with E-state index in [0.717, 1.165) is 24.2 Å². The molecule has 4 atom stereocenters. The average Bonchev–Trinajstić information content (AvgIpc) is 2.94. The van der Waals surface area contributed by atoms with E-state index in [9.17, 15) is 14.0 Å². The van der Waals surface area contributed by atoms with Gasteiger partial charge in [0.2, 0.25) is 11.8 Å². The zero-order chi connectivity index (χ0) is 31.6. The smallest absolute Gasteiger partial charge is 0.410 e. The number of amides is 2. The second kappa shape index (κ2) is 13.4. The van der Waals surface area contributed by atoms with Crippen LogP contribution in [0, 0.1) is 5.82 Å². The standard InChI is InChI=1S/C33H46FN5O5/c1-22-16-37(28(19-36-11-12-42-23(2)17-36)20-38(22)32(41)44-33(4,5)6)21-30(40)39-18-24(3)43-31-29(39)14-26(15-35-31)13-25-7-9-27(34)10-8-25/h7-10,14-15,22-24,28H,11-13,16-21H2,1-6H3/t22-,23-,24?,28+/m1/s1. The Morgan fingerprint density at radius 3 is 2.48 bits per heavy atom. The third-order valence-corrected chi connectivity index (χ3v) is 8.27. The maximum absolute atomic E-state index is 14.1. The Hall–Kier alpha value is -3.28. The molecule has 2 saturated heterocycles. The highest BCUT2D eigenvalue weighted by atomic mass is 19.1. The maximum Gasteiger partial charge on any atom is 0.410 e. The first-order valence-electron chi connectivity index (χ1n) is 15.6. The molecule has 240 valence electrons. The molecule has 1 aromatic heterocycles. The first kappa shape index (κ1) is 32.1. The maximum atomic E-state index is 14.1. The average molecular weight is 612 g/mol. The number of hydrogen-bond acceptors (Lipinski definition) is 8. The van der Waals surface area contributed by atoms with Crippen molar-refractivity contribution >= 4 is 17.7 Å². The second-order valence-corrected chi connectivity index (χ2v) is 13.4. The van der Waals surface area contributed by atoms with Crippen molar-refractivity contribution in [3.8, 4) is 5.88 Å². The first-order valence-corrected chi connectivity index (χ1v) is 15.6. The van der Waals surface area contributed by atoms with Crippen molar-refractivity contribution in [2.75, 3.05) is 57.3 Å². The fourth-order valence-electron chi connectivity index (χ4n) is 6.19. The van der Waals surface area contributed by atoms with Crippen molar-refractivity contribution in [1.29, 1.82) is 0 Å². The summed E-state index contributed by atoms with van der Waals surface area (Å²) in [5, 5.41) is 0. The van der Waals surface area contributed by atoms with Gasteiger partial charge in [-0.25, -0.2) is 14.2 Å². The van der Waals surface area contributed by atoms with Crippen LogP contribution in [0.25, 0.3) is 0 Å². The number of ether oxygens (including phenoxy) is 3. The number of hydrogen-bond donors (Lipinski definition) is 0. The zero-order valence-corrected chi connectivity index (χ0v) is 26.8. The Labute approximate surface area is 260 Å². The molecule has 44 heavy (non-hydrogen) atoms. The predicted octanol–water partition coefficient (Wildman–Crippen LogP) is 3.96. The zero-order valence-electron chi connectivity index (χ0n) is 26.8. The molecule has 0 radical (unpaired) electrons. The van der Waals surface area contributed by atoms with Gasteiger partial charge < -0.3 is 24.0 Å². The lowest BCUT2D eigenvalue weighted by Gasteiger charge is -2.47. The summed E-state index contributed by atoms with van der Waals surface area (Å²) < 4.78 is 30.9. The van der Waals surface area contributed by atoms with Gasteiger partial charge in [0.25, 0.3) is 0 Å². The lowest BCUT2D eigenvalue weighted by molar-refractivity contribution is -0.122. The van der Waals surface area contributed by atoms with E-state index in [0.29, 0.717) is 50.8 Å². The van der Waals surface area contributed by atoms with Gasteiger partial charge in [0, 0.05) is 51.0 Å². The van der Waals surface area contributed by atoms with Gasteiger partial charge in [-0.05, 0) is 77.3 Å². The lowest BCUT2D eigenvalue weighted by Crippen LogP contribution is -2.64. The number of carbonyl (C=O) groups excluding carboxylic acids is 2. The van der Waals surface area contributed by atoms with Gasteiger partial charge in [0.15, 0.2) is 0 Å². The van der Waals surface area contributed by atoms with Gasteiger partial charge in [0.05, 0.1) is 25.8 Å². The number of piperazine rings is 1. The fraction of sp³-hybridized carbons (Fsp3) is 0.606. The van der Waals surface area contributed by atoms with Gasteiger partial charge >= 0.3 is 6.09 Å². The summed E-state index contributed by atoms with van der Waals surface area (Å²) in [6.07, 6.45) is 1.90. The number of carbonyl (C=O) groups is 2. The van der Waals surface area contributed by atoms with Gasteiger partial charge in [0.1, 0.15) is 23.2 Å². The molecule has 0 N–H and O–H groups in total. The molecule has 1 aromatic carbocycles. The molecule has 0 saturated carbocycles. The molecule has 2 aromatic rings. The van der Waals surface area contributed by atoms with Gasteiger partial charge in [-0.1, -0.05) is 12.1 Å². The van der Waals surface area contributed by atoms with E-state index in [1.165, 1.54) is 12.1 Å². The molecule has 10 nitrogen and oxygen atoms in total. The van der Waals surface area contributed by atoms with Crippen molar-refractivity contribution in [3.63, 3.8) is 0 Å². The van der Waals surface area contributed by atoms with Crippen LogP contribution in [0.3, 0.4) is 0 Å². The van der Waals surface area contributed by atoms with E-state index >= 15 is 0 Å². The predicted molar refractivity (Wildman–Crippen MR) is 166 cm³/mol. The molecule has 1 unspecified atom stereocenters. The minimum Gasteiger partial charge on any atom is -0.471 e. The molecular formula is C33H46FN5O5. The Balaban J connectivity index is 1.35. The molecular weight excluding hydrogens is 565 g/mol. The molecule has 2 amide bonds. The highest BCUT2D eigenvalue weighted by molar-refractivity contribution is 5.96. The third kappa shape index (κ3) is 8.05. The van der Waals surface area contributed by atoms with Crippen LogP contribution in [0.1, 0.15) is 52.7 Å². The monoisotopic (exact) mass is 611 g/mol. The normalized spacial score (nSPS) is 24.9. The van der Waals surface area contributed by atoms with Crippen LogP contribution in [-0.4, -0.2) is 114 Å². The first-order chi connectivity index (χ1) is 20.8. The Kier molecular flexibility index (Phi) is 9.77. The largest absolute Gasteiger partial charge is 0.471 e. The molecule has 11 heteroatoms. The van der Waals surface area contributed by atoms with Crippen molar-refractivity contribution in [2.45, 2.75) is 77.9 Å². The molecule has 0 spiro atoms. The third-order valence-electron chi connectivity index (χ3n) is 8.27. The van der Waals surface area contributed by atoms with Crippen molar-refractivity contribution in [3.05, 3.63) is 53.5 Å². The van der Waals surface area contributed by atoms with Crippen molar-refractivity contribution in [2.24, 2.45) is 0 Å². The topological polar surface area (TPSA) is 87.7 Å². The fourth-order valence-corrected chi connectivity index (χ4v) is 6.19. The number of aromatic nitrogens is 1. The van der Waals surface area contributed by atoms with Crippen molar-refractivity contribution < 1.29 is 28.2 Å². The lowest BCUT2D eigenvalue weighted by atomic mass is 10.0. The quantitative estimate of drug-likeness (QED) is 0.486. The number of rotatable bonds is 6. The van der Waals surface area contributed by atoms with Gasteiger partial charge in [-0.2, -0.15) is 0 Å². The van der Waals surface area contributed by atoms with Crippen LogP contribution in [0.15, 0.2) is 36.5 Å². The second-order valence-electron chi connectivity index (χ2n) is 13.4. The number of anilines is 1. The summed E-state index contributed by atoms with van der Waals surface area (Å²) in [4.78, 5) is 40.0. The molecule has 4 heterocycles. The minimum absolute atomic E-state index is 0.0413. The molecule has 2 fully saturated rings. The summed E-state index contributed by atoms with van der Waals surface area (Å²) in [7, 11) is 0. The van der Waals surface area contributed by atoms with Crippen LogP contribution >= 0.6 is 0 Å². The van der Waals surface area contributed by atoms with Crippen molar-refractivity contribution in [1.82, 2.24) is 19.7 Å². The Morgan fingerprint density at radius 1 is 1.02 bits per heavy atom. The molecule has 5 rings (SSSR count). The van der Waals surface area contributed by atoms with E-state index in [4.69, 9.17) is 14.2 Å². The summed E-state index contributed by atoms with van der Waals surface area (Å²) >= 11 is 0.